The van der Waals surface area contributed by atoms with E-state index in [1.54, 1.807) is 0 Å². The van der Waals surface area contributed by atoms with E-state index in [1.807, 2.05) is 0 Å². The molecule has 1 spiro atoms. The molecule has 1 atom stereocenters. The highest BCUT2D eigenvalue weighted by Gasteiger charge is 2.43. The fourth-order valence-electron chi connectivity index (χ4n) is 2.05. The van der Waals surface area contributed by atoms with E-state index in [0.29, 0.717) is 0 Å². The minimum atomic E-state index is -0.166. The van der Waals surface area contributed by atoms with Crippen molar-refractivity contribution in [3.63, 3.8) is 0 Å². The van der Waals surface area contributed by atoms with Crippen LogP contribution in [0.25, 0.3) is 0 Å². The van der Waals surface area contributed by atoms with Gasteiger partial charge in [-0.3, -0.25) is 4.79 Å². The number of amides is 1. The number of carbonyl (C=O) groups is 1. The molecule has 0 aliphatic carbocycles. The van der Waals surface area contributed by atoms with E-state index in [1.165, 1.54) is 12.8 Å². The number of carbonyl (C=O) groups excluding carboxylic acids is 1. The molecule has 3 nitrogen and oxygen atoms in total. The summed E-state index contributed by atoms with van der Waals surface area (Å²) in [6, 6.07) is 0. The Morgan fingerprint density at radius 1 is 1.08 bits per heavy atom. The predicted octanol–water partition coefficient (Wildman–Crippen LogP) is 0.409. The lowest BCUT2D eigenvalue weighted by atomic mass is 9.81. The summed E-state index contributed by atoms with van der Waals surface area (Å²) >= 11 is 0. The molecule has 0 bridgehead atoms. The largest absolute Gasteiger partial charge is 0.354 e. The molecule has 2 aliphatic rings. The molecule has 0 saturated carbocycles. The van der Waals surface area contributed by atoms with E-state index in [2.05, 4.69) is 10.6 Å². The van der Waals surface area contributed by atoms with Crippen LogP contribution in [-0.4, -0.2) is 24.5 Å². The Balaban J connectivity index is 2.02. The summed E-state index contributed by atoms with van der Waals surface area (Å²) in [5, 5.41) is 6.24. The molecule has 68 valence electrons. The molecule has 0 aromatic rings. The molecular weight excluding hydrogens is 152 g/mol. The minimum Gasteiger partial charge on any atom is -0.354 e. The third-order valence-corrected chi connectivity index (χ3v) is 3.02. The minimum absolute atomic E-state index is 0.166. The van der Waals surface area contributed by atoms with Crippen LogP contribution in [0.2, 0.25) is 0 Å². The third kappa shape index (κ3) is 1.22. The number of hydrogen-bond donors (Lipinski definition) is 2. The average Bonchev–Trinajstić information content (AvgIpc) is 1.94. The van der Waals surface area contributed by atoms with Gasteiger partial charge in [0.15, 0.2) is 0 Å². The lowest BCUT2D eigenvalue weighted by Crippen LogP contribution is -2.66. The van der Waals surface area contributed by atoms with Crippen LogP contribution in [0.5, 0.6) is 0 Å². The Kier molecular flexibility index (Phi) is 2.05. The van der Waals surface area contributed by atoms with Crippen LogP contribution in [-0.2, 0) is 4.79 Å². The van der Waals surface area contributed by atoms with Crippen molar-refractivity contribution in [3.8, 4) is 0 Å². The standard InChI is InChI=1S/C9H16N2O/c12-8-9(5-7-11-9)4-2-1-3-6-10-8/h11H,1-7H2,(H,10,12). The van der Waals surface area contributed by atoms with Crippen molar-refractivity contribution in [3.05, 3.63) is 0 Å². The Morgan fingerprint density at radius 2 is 1.92 bits per heavy atom. The normalized spacial score (nSPS) is 36.5. The van der Waals surface area contributed by atoms with Gasteiger partial charge in [0.1, 0.15) is 0 Å². The molecule has 12 heavy (non-hydrogen) atoms. The van der Waals surface area contributed by atoms with E-state index >= 15 is 0 Å². The molecule has 3 heteroatoms. The van der Waals surface area contributed by atoms with Crippen LogP contribution in [0, 0.1) is 0 Å². The van der Waals surface area contributed by atoms with Gasteiger partial charge >= 0.3 is 0 Å². The van der Waals surface area contributed by atoms with Crippen LogP contribution < -0.4 is 10.6 Å². The summed E-state index contributed by atoms with van der Waals surface area (Å²) in [7, 11) is 0. The molecule has 0 aromatic carbocycles. The van der Waals surface area contributed by atoms with Crippen molar-refractivity contribution in [2.75, 3.05) is 13.1 Å². The molecular formula is C9H16N2O. The highest BCUT2D eigenvalue weighted by molar-refractivity contribution is 5.87. The molecule has 2 aliphatic heterocycles. The molecule has 1 amide bonds. The predicted molar refractivity (Wildman–Crippen MR) is 46.8 cm³/mol. The highest BCUT2D eigenvalue weighted by Crippen LogP contribution is 2.27. The summed E-state index contributed by atoms with van der Waals surface area (Å²) in [4.78, 5) is 11.6. The second kappa shape index (κ2) is 3.05. The monoisotopic (exact) mass is 168 g/mol. The number of nitrogens with one attached hydrogen (secondary N) is 2. The van der Waals surface area contributed by atoms with Gasteiger partial charge in [-0.15, -0.1) is 0 Å². The van der Waals surface area contributed by atoms with Gasteiger partial charge in [-0.2, -0.15) is 0 Å². The first-order chi connectivity index (χ1) is 5.83. The van der Waals surface area contributed by atoms with Crippen molar-refractivity contribution < 1.29 is 4.79 Å². The van der Waals surface area contributed by atoms with Crippen LogP contribution >= 0.6 is 0 Å². The van der Waals surface area contributed by atoms with Crippen molar-refractivity contribution in [1.29, 1.82) is 0 Å². The maximum Gasteiger partial charge on any atom is 0.240 e. The van der Waals surface area contributed by atoms with Gasteiger partial charge in [-0.05, 0) is 25.8 Å². The van der Waals surface area contributed by atoms with Crippen LogP contribution in [0.3, 0.4) is 0 Å². The van der Waals surface area contributed by atoms with E-state index < -0.39 is 0 Å². The lowest BCUT2D eigenvalue weighted by Gasteiger charge is -2.42. The zero-order valence-electron chi connectivity index (χ0n) is 7.36. The first-order valence-corrected chi connectivity index (χ1v) is 4.87. The third-order valence-electron chi connectivity index (χ3n) is 3.02. The van der Waals surface area contributed by atoms with Crippen molar-refractivity contribution >= 4 is 5.91 Å². The summed E-state index contributed by atoms with van der Waals surface area (Å²) in [5.74, 6) is 0.230. The van der Waals surface area contributed by atoms with Crippen molar-refractivity contribution in [2.24, 2.45) is 0 Å². The second-order valence-corrected chi connectivity index (χ2v) is 3.83. The molecule has 2 saturated heterocycles. The Morgan fingerprint density at radius 3 is 2.58 bits per heavy atom. The topological polar surface area (TPSA) is 41.1 Å². The van der Waals surface area contributed by atoms with Gasteiger partial charge in [0.25, 0.3) is 0 Å². The van der Waals surface area contributed by atoms with Crippen LogP contribution in [0.15, 0.2) is 0 Å². The average molecular weight is 168 g/mol. The summed E-state index contributed by atoms with van der Waals surface area (Å²) in [5.41, 5.74) is -0.166. The molecule has 2 heterocycles. The Bertz CT molecular complexity index is 187. The maximum absolute atomic E-state index is 11.6. The van der Waals surface area contributed by atoms with Gasteiger partial charge in [-0.1, -0.05) is 12.8 Å². The molecule has 2 rings (SSSR count). The van der Waals surface area contributed by atoms with Gasteiger partial charge < -0.3 is 10.6 Å². The lowest BCUT2D eigenvalue weighted by molar-refractivity contribution is -0.131. The van der Waals surface area contributed by atoms with Gasteiger partial charge in [0.2, 0.25) is 5.91 Å². The summed E-state index contributed by atoms with van der Waals surface area (Å²) in [6.07, 6.45) is 5.64. The fraction of sp³-hybridized carbons (Fsp3) is 0.889. The molecule has 2 fully saturated rings. The summed E-state index contributed by atoms with van der Waals surface area (Å²) < 4.78 is 0. The van der Waals surface area contributed by atoms with Gasteiger partial charge in [0, 0.05) is 6.54 Å². The highest BCUT2D eigenvalue weighted by atomic mass is 16.2. The zero-order valence-corrected chi connectivity index (χ0v) is 7.36. The van der Waals surface area contributed by atoms with Crippen molar-refractivity contribution in [1.82, 2.24) is 10.6 Å². The van der Waals surface area contributed by atoms with E-state index in [0.717, 1.165) is 32.4 Å². The second-order valence-electron chi connectivity index (χ2n) is 3.83. The number of rotatable bonds is 0. The fourth-order valence-corrected chi connectivity index (χ4v) is 2.05. The zero-order chi connectivity index (χ0) is 8.44. The molecule has 0 radical (unpaired) electrons. The Labute approximate surface area is 72.9 Å². The van der Waals surface area contributed by atoms with E-state index in [4.69, 9.17) is 0 Å². The van der Waals surface area contributed by atoms with Gasteiger partial charge in [-0.25, -0.2) is 0 Å². The van der Waals surface area contributed by atoms with Crippen LogP contribution in [0.1, 0.15) is 32.1 Å². The van der Waals surface area contributed by atoms with Crippen LogP contribution in [0.4, 0.5) is 0 Å². The van der Waals surface area contributed by atoms with Crippen molar-refractivity contribution in [2.45, 2.75) is 37.6 Å². The SMILES string of the molecule is O=C1NCCCCCC12CCN2. The number of hydrogen-bond acceptors (Lipinski definition) is 2. The van der Waals surface area contributed by atoms with E-state index in [9.17, 15) is 4.79 Å². The smallest absolute Gasteiger partial charge is 0.240 e. The molecule has 2 N–H and O–H groups in total. The molecule has 1 unspecified atom stereocenters. The first-order valence-electron chi connectivity index (χ1n) is 4.87. The summed E-state index contributed by atoms with van der Waals surface area (Å²) in [6.45, 7) is 1.87. The van der Waals surface area contributed by atoms with E-state index in [-0.39, 0.29) is 11.4 Å². The van der Waals surface area contributed by atoms with Gasteiger partial charge in [0.05, 0.1) is 5.54 Å². The Hall–Kier alpha value is -0.570. The first kappa shape index (κ1) is 8.05. The maximum atomic E-state index is 11.6. The molecule has 0 aromatic heterocycles. The quantitative estimate of drug-likeness (QED) is 0.550.